The second-order valence-corrected chi connectivity index (χ2v) is 9.86. The molecule has 166 valence electrons. The summed E-state index contributed by atoms with van der Waals surface area (Å²) < 4.78 is 2.47. The van der Waals surface area contributed by atoms with Gasteiger partial charge < -0.3 is 4.90 Å². The predicted molar refractivity (Wildman–Crippen MR) is 126 cm³/mol. The van der Waals surface area contributed by atoms with Gasteiger partial charge >= 0.3 is 0 Å². The molecule has 0 spiro atoms. The molecule has 0 saturated heterocycles. The smallest absolute Gasteiger partial charge is 0.275 e. The Bertz CT molecular complexity index is 1080. The lowest BCUT2D eigenvalue weighted by Gasteiger charge is -2.19. The molecule has 0 atom stereocenters. The first-order valence-electron chi connectivity index (χ1n) is 10.7. The Labute approximate surface area is 187 Å². The second-order valence-electron chi connectivity index (χ2n) is 8.86. The van der Waals surface area contributed by atoms with Gasteiger partial charge in [-0.15, -0.1) is 0 Å². The highest BCUT2D eigenvalue weighted by atomic mass is 32.1. The number of nitrogens with one attached hydrogen (secondary N) is 1. The normalized spacial score (nSPS) is 11.7. The number of carbonyl (C=O) groups excluding carboxylic acids is 2. The van der Waals surface area contributed by atoms with Crippen molar-refractivity contribution in [2.45, 2.75) is 59.4 Å². The zero-order valence-electron chi connectivity index (χ0n) is 19.2. The fraction of sp³-hybridized carbons (Fsp3) is 0.478. The Morgan fingerprint density at radius 2 is 1.84 bits per heavy atom. The fourth-order valence-electron chi connectivity index (χ4n) is 3.22. The van der Waals surface area contributed by atoms with Crippen LogP contribution in [0.5, 0.6) is 0 Å². The number of thiazole rings is 1. The Morgan fingerprint density at radius 3 is 2.45 bits per heavy atom. The van der Waals surface area contributed by atoms with Crippen LogP contribution < -0.4 is 5.32 Å². The molecule has 7 nitrogen and oxygen atoms in total. The summed E-state index contributed by atoms with van der Waals surface area (Å²) in [7, 11) is 1.81. The highest BCUT2D eigenvalue weighted by molar-refractivity contribution is 7.22. The summed E-state index contributed by atoms with van der Waals surface area (Å²) in [6, 6.07) is 7.37. The van der Waals surface area contributed by atoms with E-state index in [4.69, 9.17) is 0 Å². The average molecular weight is 442 g/mol. The van der Waals surface area contributed by atoms with Gasteiger partial charge in [-0.1, -0.05) is 48.8 Å². The van der Waals surface area contributed by atoms with E-state index < -0.39 is 0 Å². The second kappa shape index (κ2) is 9.18. The van der Waals surface area contributed by atoms with Crippen molar-refractivity contribution in [1.82, 2.24) is 19.7 Å². The molecule has 0 saturated carbocycles. The van der Waals surface area contributed by atoms with Gasteiger partial charge in [0, 0.05) is 19.2 Å². The maximum atomic E-state index is 13.1. The standard InChI is InChI=1S/C23H31N5O2S/c1-7-8-9-14-27(6)21(30)17-18-19(28(26-17)23(3,4)5)24-22(31-18)25-20(29)16-12-10-15(2)11-13-16/h10-13H,7-9,14H2,1-6H3,(H,24,25,29). The van der Waals surface area contributed by atoms with Crippen LogP contribution in [0.4, 0.5) is 5.13 Å². The average Bonchev–Trinajstić information content (AvgIpc) is 3.26. The molecular formula is C23H31N5O2S. The number of rotatable bonds is 7. The number of anilines is 1. The van der Waals surface area contributed by atoms with Crippen molar-refractivity contribution in [3.63, 3.8) is 0 Å². The fourth-order valence-corrected chi connectivity index (χ4v) is 4.14. The third-order valence-electron chi connectivity index (χ3n) is 5.04. The molecule has 2 amide bonds. The lowest BCUT2D eigenvalue weighted by molar-refractivity contribution is 0.0787. The number of hydrogen-bond acceptors (Lipinski definition) is 5. The van der Waals surface area contributed by atoms with Gasteiger partial charge in [0.1, 0.15) is 4.70 Å². The maximum Gasteiger partial charge on any atom is 0.275 e. The Kier molecular flexibility index (Phi) is 6.79. The van der Waals surface area contributed by atoms with Crippen LogP contribution in [-0.2, 0) is 5.54 Å². The van der Waals surface area contributed by atoms with E-state index in [1.165, 1.54) is 11.3 Å². The molecule has 1 aromatic carbocycles. The Balaban J connectivity index is 1.93. The minimum Gasteiger partial charge on any atom is -0.340 e. The van der Waals surface area contributed by atoms with Crippen molar-refractivity contribution < 1.29 is 9.59 Å². The highest BCUT2D eigenvalue weighted by Crippen LogP contribution is 2.33. The molecule has 2 heterocycles. The summed E-state index contributed by atoms with van der Waals surface area (Å²) in [6.07, 6.45) is 3.14. The van der Waals surface area contributed by atoms with E-state index in [-0.39, 0.29) is 17.4 Å². The molecular weight excluding hydrogens is 410 g/mol. The topological polar surface area (TPSA) is 80.1 Å². The van der Waals surface area contributed by atoms with E-state index in [9.17, 15) is 9.59 Å². The number of carbonyl (C=O) groups is 2. The van der Waals surface area contributed by atoms with Gasteiger partial charge in [-0.25, -0.2) is 4.68 Å². The predicted octanol–water partition coefficient (Wildman–Crippen LogP) is 5.07. The van der Waals surface area contributed by atoms with Crippen LogP contribution in [0, 0.1) is 6.92 Å². The van der Waals surface area contributed by atoms with Gasteiger partial charge in [-0.3, -0.25) is 14.9 Å². The van der Waals surface area contributed by atoms with E-state index in [0.717, 1.165) is 24.8 Å². The van der Waals surface area contributed by atoms with Crippen molar-refractivity contribution in [2.24, 2.45) is 0 Å². The van der Waals surface area contributed by atoms with Crippen molar-refractivity contribution in [3.8, 4) is 0 Å². The molecule has 8 heteroatoms. The molecule has 0 aliphatic heterocycles. The van der Waals surface area contributed by atoms with Crippen molar-refractivity contribution in [3.05, 3.63) is 41.1 Å². The van der Waals surface area contributed by atoms with Crippen LogP contribution in [0.3, 0.4) is 0 Å². The molecule has 1 N–H and O–H groups in total. The van der Waals surface area contributed by atoms with E-state index in [0.29, 0.717) is 33.3 Å². The molecule has 0 radical (unpaired) electrons. The summed E-state index contributed by atoms with van der Waals surface area (Å²) in [5.41, 5.74) is 2.30. The first-order valence-corrected chi connectivity index (χ1v) is 11.5. The molecule has 2 aromatic heterocycles. The van der Waals surface area contributed by atoms with E-state index in [2.05, 4.69) is 22.3 Å². The van der Waals surface area contributed by atoms with Crippen LogP contribution in [0.15, 0.2) is 24.3 Å². The number of benzene rings is 1. The van der Waals surface area contributed by atoms with Crippen LogP contribution in [0.1, 0.15) is 73.4 Å². The number of nitrogens with zero attached hydrogens (tertiary/aromatic N) is 4. The first-order chi connectivity index (χ1) is 14.6. The van der Waals surface area contributed by atoms with Crippen molar-refractivity contribution in [1.29, 1.82) is 0 Å². The number of hydrogen-bond donors (Lipinski definition) is 1. The van der Waals surface area contributed by atoms with E-state index in [1.54, 1.807) is 28.8 Å². The molecule has 3 aromatic rings. The van der Waals surface area contributed by atoms with Crippen molar-refractivity contribution >= 4 is 38.6 Å². The molecule has 0 aliphatic carbocycles. The van der Waals surface area contributed by atoms with Crippen LogP contribution >= 0.6 is 11.3 Å². The van der Waals surface area contributed by atoms with Gasteiger partial charge in [-0.2, -0.15) is 10.1 Å². The molecule has 3 rings (SSSR count). The monoisotopic (exact) mass is 441 g/mol. The number of aryl methyl sites for hydroxylation is 1. The molecule has 0 aliphatic rings. The van der Waals surface area contributed by atoms with E-state index in [1.807, 2.05) is 39.8 Å². The van der Waals surface area contributed by atoms with Crippen molar-refractivity contribution in [2.75, 3.05) is 18.9 Å². The lowest BCUT2D eigenvalue weighted by atomic mass is 10.1. The molecule has 0 bridgehead atoms. The summed E-state index contributed by atoms with van der Waals surface area (Å²) in [5.74, 6) is -0.347. The van der Waals surface area contributed by atoms with Gasteiger partial charge in [0.15, 0.2) is 16.5 Å². The molecule has 0 fully saturated rings. The number of aromatic nitrogens is 3. The Hall–Kier alpha value is -2.74. The minimum absolute atomic E-state index is 0.121. The number of fused-ring (bicyclic) bond motifs is 1. The van der Waals surface area contributed by atoms with Crippen LogP contribution in [0.2, 0.25) is 0 Å². The van der Waals surface area contributed by atoms with Gasteiger partial charge in [0.05, 0.1) is 5.54 Å². The van der Waals surface area contributed by atoms with Crippen LogP contribution in [-0.4, -0.2) is 45.1 Å². The zero-order valence-corrected chi connectivity index (χ0v) is 20.0. The largest absolute Gasteiger partial charge is 0.340 e. The lowest BCUT2D eigenvalue weighted by Crippen LogP contribution is -2.29. The third kappa shape index (κ3) is 5.12. The van der Waals surface area contributed by atoms with Gasteiger partial charge in [0.25, 0.3) is 11.8 Å². The maximum absolute atomic E-state index is 13.1. The summed E-state index contributed by atoms with van der Waals surface area (Å²) in [5, 5.41) is 7.95. The quantitative estimate of drug-likeness (QED) is 0.519. The highest BCUT2D eigenvalue weighted by Gasteiger charge is 2.28. The van der Waals surface area contributed by atoms with Gasteiger partial charge in [-0.05, 0) is 46.2 Å². The van der Waals surface area contributed by atoms with E-state index >= 15 is 0 Å². The summed E-state index contributed by atoms with van der Waals surface area (Å²) in [4.78, 5) is 32.1. The number of amides is 2. The minimum atomic E-state index is -0.357. The zero-order chi connectivity index (χ0) is 22.8. The first kappa shape index (κ1) is 22.9. The number of unbranched alkanes of at least 4 members (excludes halogenated alkanes) is 2. The summed E-state index contributed by atoms with van der Waals surface area (Å²) >= 11 is 1.29. The third-order valence-corrected chi connectivity index (χ3v) is 6.01. The van der Waals surface area contributed by atoms with Crippen LogP contribution in [0.25, 0.3) is 10.3 Å². The molecule has 0 unspecified atom stereocenters. The Morgan fingerprint density at radius 1 is 1.16 bits per heavy atom. The van der Waals surface area contributed by atoms with Gasteiger partial charge in [0.2, 0.25) is 0 Å². The SMILES string of the molecule is CCCCCN(C)C(=O)c1nn(C(C)(C)C)c2nc(NC(=O)c3ccc(C)cc3)sc12. The summed E-state index contributed by atoms with van der Waals surface area (Å²) in [6.45, 7) is 10.9. The molecule has 31 heavy (non-hydrogen) atoms.